The number of aryl methyl sites for hydroxylation is 1. The minimum atomic E-state index is -0.364. The van der Waals surface area contributed by atoms with E-state index in [1.807, 2.05) is 38.1 Å². The van der Waals surface area contributed by atoms with Crippen molar-refractivity contribution in [3.63, 3.8) is 0 Å². The zero-order valence-corrected chi connectivity index (χ0v) is 18.2. The van der Waals surface area contributed by atoms with E-state index < -0.39 is 0 Å². The van der Waals surface area contributed by atoms with Gasteiger partial charge < -0.3 is 25.2 Å². The van der Waals surface area contributed by atoms with Gasteiger partial charge in [0.2, 0.25) is 0 Å². The summed E-state index contributed by atoms with van der Waals surface area (Å²) in [6, 6.07) is 9.29. The highest BCUT2D eigenvalue weighted by Crippen LogP contribution is 2.26. The van der Waals surface area contributed by atoms with Crippen molar-refractivity contribution < 1.29 is 13.9 Å². The number of hydrogen-bond acceptors (Lipinski definition) is 7. The van der Waals surface area contributed by atoms with Crippen molar-refractivity contribution >= 4 is 29.0 Å². The Balaban J connectivity index is 1.34. The molecular formula is C24H26N4O4. The molecule has 3 aromatic rings. The molecule has 0 spiro atoms. The Labute approximate surface area is 185 Å². The molecule has 0 saturated heterocycles. The molecule has 2 aromatic carbocycles. The summed E-state index contributed by atoms with van der Waals surface area (Å²) in [4.78, 5) is 23.5. The number of ether oxygens (including phenoxy) is 1. The van der Waals surface area contributed by atoms with E-state index in [0.29, 0.717) is 30.8 Å². The molecule has 0 bridgehead atoms. The highest BCUT2D eigenvalue weighted by Gasteiger charge is 2.23. The van der Waals surface area contributed by atoms with E-state index >= 15 is 0 Å². The first-order valence-corrected chi connectivity index (χ1v) is 10.6. The second kappa shape index (κ2) is 9.23. The molecule has 0 unspecified atom stereocenters. The van der Waals surface area contributed by atoms with Gasteiger partial charge in [-0.3, -0.25) is 4.57 Å². The molecule has 8 nitrogen and oxygen atoms in total. The summed E-state index contributed by atoms with van der Waals surface area (Å²) in [6.07, 6.45) is 3.90. The SMILES string of the molecule is CCn1c(=O)oc2ccc(N/C=C(\C=N)CNCCc3ccc4c(c3C)COC4=O)cc21. The van der Waals surface area contributed by atoms with Crippen LogP contribution in [0.4, 0.5) is 5.69 Å². The smallest absolute Gasteiger partial charge is 0.419 e. The van der Waals surface area contributed by atoms with E-state index in [1.165, 1.54) is 11.8 Å². The Morgan fingerprint density at radius 2 is 2.09 bits per heavy atom. The van der Waals surface area contributed by atoms with Crippen LogP contribution in [0.2, 0.25) is 0 Å². The van der Waals surface area contributed by atoms with Crippen LogP contribution in [0.1, 0.15) is 34.0 Å². The summed E-state index contributed by atoms with van der Waals surface area (Å²) in [5.41, 5.74) is 6.84. The van der Waals surface area contributed by atoms with Gasteiger partial charge in [0.1, 0.15) is 6.61 Å². The van der Waals surface area contributed by atoms with Crippen molar-refractivity contribution in [1.29, 1.82) is 5.41 Å². The average Bonchev–Trinajstić information content (AvgIpc) is 3.33. The second-order valence-electron chi connectivity index (χ2n) is 7.68. The molecule has 2 heterocycles. The molecule has 166 valence electrons. The van der Waals surface area contributed by atoms with Crippen LogP contribution in [-0.2, 0) is 24.3 Å². The lowest BCUT2D eigenvalue weighted by atomic mass is 9.97. The summed E-state index contributed by atoms with van der Waals surface area (Å²) in [6.45, 7) is 6.09. The third kappa shape index (κ3) is 4.22. The van der Waals surface area contributed by atoms with Crippen molar-refractivity contribution in [3.8, 4) is 0 Å². The average molecular weight is 434 g/mol. The van der Waals surface area contributed by atoms with Crippen LogP contribution >= 0.6 is 0 Å². The largest absolute Gasteiger partial charge is 0.457 e. The number of cyclic esters (lactones) is 1. The highest BCUT2D eigenvalue weighted by atomic mass is 16.5. The van der Waals surface area contributed by atoms with Gasteiger partial charge in [-0.1, -0.05) is 6.07 Å². The maximum absolute atomic E-state index is 11.8. The van der Waals surface area contributed by atoms with Crippen molar-refractivity contribution in [3.05, 3.63) is 74.9 Å². The molecule has 8 heteroatoms. The molecule has 0 atom stereocenters. The van der Waals surface area contributed by atoms with E-state index in [1.54, 1.807) is 16.8 Å². The Morgan fingerprint density at radius 3 is 2.88 bits per heavy atom. The molecule has 32 heavy (non-hydrogen) atoms. The lowest BCUT2D eigenvalue weighted by molar-refractivity contribution is 0.0535. The first-order chi connectivity index (χ1) is 15.5. The second-order valence-corrected chi connectivity index (χ2v) is 7.68. The molecular weight excluding hydrogens is 408 g/mol. The number of rotatable bonds is 9. The number of carbonyl (C=O) groups is 1. The molecule has 1 aliphatic rings. The zero-order chi connectivity index (χ0) is 22.7. The Hall–Kier alpha value is -3.65. The number of carbonyl (C=O) groups excluding carboxylic acids is 1. The van der Waals surface area contributed by atoms with E-state index in [2.05, 4.69) is 10.6 Å². The van der Waals surface area contributed by atoms with Gasteiger partial charge in [-0.2, -0.15) is 0 Å². The van der Waals surface area contributed by atoms with Crippen LogP contribution in [0, 0.1) is 12.3 Å². The number of oxazole rings is 1. The molecule has 0 amide bonds. The predicted octanol–water partition coefficient (Wildman–Crippen LogP) is 3.37. The van der Waals surface area contributed by atoms with Crippen LogP contribution in [0.25, 0.3) is 11.1 Å². The minimum Gasteiger partial charge on any atom is -0.457 e. The van der Waals surface area contributed by atoms with E-state index in [9.17, 15) is 9.59 Å². The molecule has 0 aliphatic carbocycles. The molecule has 0 fully saturated rings. The summed E-state index contributed by atoms with van der Waals surface area (Å²) in [5, 5.41) is 14.2. The van der Waals surface area contributed by atoms with Gasteiger partial charge in [0, 0.05) is 36.8 Å². The summed E-state index contributed by atoms with van der Waals surface area (Å²) in [5.74, 6) is -0.608. The highest BCUT2D eigenvalue weighted by molar-refractivity contribution is 5.93. The number of anilines is 1. The first kappa shape index (κ1) is 21.6. The van der Waals surface area contributed by atoms with Gasteiger partial charge in [-0.25, -0.2) is 9.59 Å². The van der Waals surface area contributed by atoms with E-state index in [-0.39, 0.29) is 11.7 Å². The lowest BCUT2D eigenvalue weighted by Gasteiger charge is -2.10. The van der Waals surface area contributed by atoms with Gasteiger partial charge in [0.15, 0.2) is 5.58 Å². The fraction of sp³-hybridized carbons (Fsp3) is 0.292. The number of aromatic nitrogens is 1. The van der Waals surface area contributed by atoms with E-state index in [4.69, 9.17) is 14.6 Å². The van der Waals surface area contributed by atoms with Gasteiger partial charge >= 0.3 is 11.7 Å². The summed E-state index contributed by atoms with van der Waals surface area (Å²) >= 11 is 0. The van der Waals surface area contributed by atoms with Crippen LogP contribution < -0.4 is 16.4 Å². The third-order valence-corrected chi connectivity index (χ3v) is 5.77. The molecule has 0 radical (unpaired) electrons. The van der Waals surface area contributed by atoms with Crippen LogP contribution in [-0.4, -0.2) is 29.8 Å². The Morgan fingerprint density at radius 1 is 1.25 bits per heavy atom. The van der Waals surface area contributed by atoms with Crippen LogP contribution in [0.5, 0.6) is 0 Å². The van der Waals surface area contributed by atoms with Gasteiger partial charge in [0.25, 0.3) is 0 Å². The number of fused-ring (bicyclic) bond motifs is 2. The van der Waals surface area contributed by atoms with E-state index in [0.717, 1.165) is 40.9 Å². The first-order valence-electron chi connectivity index (χ1n) is 10.6. The van der Waals surface area contributed by atoms with Gasteiger partial charge in [0.05, 0.1) is 11.1 Å². The normalized spacial score (nSPS) is 13.3. The fourth-order valence-electron chi connectivity index (χ4n) is 3.90. The lowest BCUT2D eigenvalue weighted by Crippen LogP contribution is -2.21. The van der Waals surface area contributed by atoms with Crippen molar-refractivity contribution in [2.24, 2.45) is 0 Å². The van der Waals surface area contributed by atoms with Gasteiger partial charge in [-0.05, 0) is 67.8 Å². The Bertz CT molecular complexity index is 1270. The monoisotopic (exact) mass is 434 g/mol. The third-order valence-electron chi connectivity index (χ3n) is 5.77. The number of esters is 1. The van der Waals surface area contributed by atoms with Crippen LogP contribution in [0.15, 0.2) is 51.3 Å². The van der Waals surface area contributed by atoms with Crippen molar-refractivity contribution in [2.45, 2.75) is 33.4 Å². The summed E-state index contributed by atoms with van der Waals surface area (Å²) in [7, 11) is 0. The van der Waals surface area contributed by atoms with Crippen LogP contribution in [0.3, 0.4) is 0 Å². The Kier molecular flexibility index (Phi) is 6.23. The maximum atomic E-state index is 11.8. The zero-order valence-electron chi connectivity index (χ0n) is 18.2. The predicted molar refractivity (Wildman–Crippen MR) is 124 cm³/mol. The molecule has 1 aliphatic heterocycles. The number of nitrogens with zero attached hydrogens (tertiary/aromatic N) is 1. The maximum Gasteiger partial charge on any atom is 0.419 e. The molecule has 3 N–H and O–H groups in total. The molecule has 0 saturated carbocycles. The number of hydrogen-bond donors (Lipinski definition) is 3. The quantitative estimate of drug-likeness (QED) is 0.271. The number of benzene rings is 2. The standard InChI is InChI=1S/C24H26N4O4/c1-3-28-21-10-18(5-7-22(21)32-24(28)30)27-13-16(11-25)12-26-9-8-17-4-6-19-20(15(17)2)14-31-23(19)29/h4-7,10-11,13,25-27H,3,8-9,12,14H2,1-2H3/b16-13+,25-11?. The fourth-order valence-corrected chi connectivity index (χ4v) is 3.90. The number of nitrogens with one attached hydrogen (secondary N) is 3. The topological polar surface area (TPSA) is 109 Å². The van der Waals surface area contributed by atoms with Gasteiger partial charge in [-0.15, -0.1) is 0 Å². The minimum absolute atomic E-state index is 0.245. The molecule has 4 rings (SSSR count). The van der Waals surface area contributed by atoms with Crippen molar-refractivity contribution in [1.82, 2.24) is 9.88 Å². The summed E-state index contributed by atoms with van der Waals surface area (Å²) < 4.78 is 11.9. The van der Waals surface area contributed by atoms with Crippen molar-refractivity contribution in [2.75, 3.05) is 18.4 Å². The molecule has 1 aromatic heterocycles.